The molecule has 3 aromatic rings. The highest BCUT2D eigenvalue weighted by atomic mass is 32.1. The summed E-state index contributed by atoms with van der Waals surface area (Å²) >= 11 is 1.20. The number of non-ortho nitro benzene ring substituents is 1. The van der Waals surface area contributed by atoms with Crippen molar-refractivity contribution < 1.29 is 9.72 Å². The molecule has 0 unspecified atom stereocenters. The molecule has 3 rings (SSSR count). The van der Waals surface area contributed by atoms with Crippen molar-refractivity contribution in [2.75, 3.05) is 5.32 Å². The Morgan fingerprint density at radius 1 is 1.22 bits per heavy atom. The van der Waals surface area contributed by atoms with Crippen molar-refractivity contribution in [3.05, 3.63) is 70.3 Å². The van der Waals surface area contributed by atoms with Gasteiger partial charge in [-0.1, -0.05) is 41.7 Å². The summed E-state index contributed by atoms with van der Waals surface area (Å²) in [6.45, 7) is 0. The van der Waals surface area contributed by atoms with E-state index in [2.05, 4.69) is 10.3 Å². The summed E-state index contributed by atoms with van der Waals surface area (Å²) in [6.07, 6.45) is 3.12. The van der Waals surface area contributed by atoms with Crippen molar-refractivity contribution >= 4 is 44.4 Å². The second-order valence-corrected chi connectivity index (χ2v) is 5.69. The first-order chi connectivity index (χ1) is 11.1. The van der Waals surface area contributed by atoms with E-state index in [0.717, 1.165) is 5.56 Å². The predicted molar refractivity (Wildman–Crippen MR) is 90.4 cm³/mol. The Morgan fingerprint density at radius 3 is 2.74 bits per heavy atom. The van der Waals surface area contributed by atoms with Gasteiger partial charge in [0.15, 0.2) is 5.13 Å². The highest BCUT2D eigenvalue weighted by Crippen LogP contribution is 2.29. The first kappa shape index (κ1) is 14.9. The van der Waals surface area contributed by atoms with E-state index in [0.29, 0.717) is 15.3 Å². The van der Waals surface area contributed by atoms with Crippen LogP contribution in [0.2, 0.25) is 0 Å². The lowest BCUT2D eigenvalue weighted by Gasteiger charge is -1.95. The Morgan fingerprint density at radius 2 is 2.00 bits per heavy atom. The molecular formula is C16H11N3O3S. The summed E-state index contributed by atoms with van der Waals surface area (Å²) in [5.74, 6) is -0.303. The number of fused-ring (bicyclic) bond motifs is 1. The van der Waals surface area contributed by atoms with Gasteiger partial charge in [-0.2, -0.15) is 0 Å². The molecule has 1 N–H and O–H groups in total. The van der Waals surface area contributed by atoms with Gasteiger partial charge in [0.2, 0.25) is 5.91 Å². The summed E-state index contributed by atoms with van der Waals surface area (Å²) in [4.78, 5) is 26.4. The van der Waals surface area contributed by atoms with E-state index in [1.807, 2.05) is 30.3 Å². The molecule has 6 nitrogen and oxygen atoms in total. The van der Waals surface area contributed by atoms with Crippen LogP contribution in [-0.4, -0.2) is 15.8 Å². The quantitative estimate of drug-likeness (QED) is 0.448. The van der Waals surface area contributed by atoms with Gasteiger partial charge < -0.3 is 0 Å². The van der Waals surface area contributed by atoms with Gasteiger partial charge in [0, 0.05) is 18.2 Å². The highest BCUT2D eigenvalue weighted by Gasteiger charge is 2.11. The van der Waals surface area contributed by atoms with Gasteiger partial charge in [-0.25, -0.2) is 4.98 Å². The number of benzene rings is 2. The van der Waals surface area contributed by atoms with Gasteiger partial charge in [0.1, 0.15) is 0 Å². The number of hydrogen-bond acceptors (Lipinski definition) is 5. The van der Waals surface area contributed by atoms with Gasteiger partial charge in [0.05, 0.1) is 15.1 Å². The highest BCUT2D eigenvalue weighted by molar-refractivity contribution is 7.22. The molecule has 0 bridgehead atoms. The van der Waals surface area contributed by atoms with E-state index in [1.165, 1.54) is 29.5 Å². The summed E-state index contributed by atoms with van der Waals surface area (Å²) in [7, 11) is 0. The average molecular weight is 325 g/mol. The molecule has 1 heterocycles. The number of rotatable bonds is 4. The maximum Gasteiger partial charge on any atom is 0.270 e. The number of anilines is 1. The van der Waals surface area contributed by atoms with Crippen LogP contribution in [0, 0.1) is 10.1 Å². The maximum atomic E-state index is 11.9. The first-order valence-corrected chi connectivity index (χ1v) is 7.52. The largest absolute Gasteiger partial charge is 0.298 e. The fraction of sp³-hybridized carbons (Fsp3) is 0. The molecule has 0 aliphatic carbocycles. The minimum atomic E-state index is -0.458. The van der Waals surface area contributed by atoms with Crippen molar-refractivity contribution in [1.82, 2.24) is 4.98 Å². The maximum absolute atomic E-state index is 11.9. The standard InChI is InChI=1S/C16H11N3O3S/c20-15(9-6-11-4-2-1-3-5-11)18-16-17-13-8-7-12(19(21)22)10-14(13)23-16/h1-10H,(H,17,18,20)/b9-6+. The smallest absolute Gasteiger partial charge is 0.270 e. The first-order valence-electron chi connectivity index (χ1n) is 6.71. The molecule has 23 heavy (non-hydrogen) atoms. The Balaban J connectivity index is 1.74. The van der Waals surface area contributed by atoms with Gasteiger partial charge in [0.25, 0.3) is 5.69 Å². The minimum Gasteiger partial charge on any atom is -0.298 e. The lowest BCUT2D eigenvalue weighted by molar-refractivity contribution is -0.384. The molecule has 1 amide bonds. The van der Waals surface area contributed by atoms with E-state index < -0.39 is 4.92 Å². The normalized spacial score (nSPS) is 11.0. The number of nitrogens with one attached hydrogen (secondary N) is 1. The van der Waals surface area contributed by atoms with E-state index >= 15 is 0 Å². The summed E-state index contributed by atoms with van der Waals surface area (Å²) in [6, 6.07) is 13.9. The average Bonchev–Trinajstić information content (AvgIpc) is 2.95. The number of thiazole rings is 1. The second-order valence-electron chi connectivity index (χ2n) is 4.66. The molecule has 0 spiro atoms. The third-order valence-corrected chi connectivity index (χ3v) is 3.97. The molecule has 0 fully saturated rings. The molecule has 2 aromatic carbocycles. The number of carbonyl (C=O) groups excluding carboxylic acids is 1. The SMILES string of the molecule is O=C(/C=C/c1ccccc1)Nc1nc2ccc([N+](=O)[O-])cc2s1. The van der Waals surface area contributed by atoms with Crippen LogP contribution in [0.4, 0.5) is 10.8 Å². The Hall–Kier alpha value is -3.06. The molecule has 0 saturated carbocycles. The van der Waals surface area contributed by atoms with E-state index in [1.54, 1.807) is 12.1 Å². The Kier molecular flexibility index (Phi) is 4.11. The molecule has 0 radical (unpaired) electrons. The minimum absolute atomic E-state index is 0.00278. The molecular weight excluding hydrogens is 314 g/mol. The third kappa shape index (κ3) is 3.58. The monoisotopic (exact) mass is 325 g/mol. The van der Waals surface area contributed by atoms with Crippen LogP contribution in [0.5, 0.6) is 0 Å². The number of carbonyl (C=O) groups is 1. The van der Waals surface area contributed by atoms with Gasteiger partial charge >= 0.3 is 0 Å². The topological polar surface area (TPSA) is 85.1 Å². The summed E-state index contributed by atoms with van der Waals surface area (Å²) in [5.41, 5.74) is 1.54. The third-order valence-electron chi connectivity index (χ3n) is 3.04. The molecule has 114 valence electrons. The zero-order valence-corrected chi connectivity index (χ0v) is 12.6. The second kappa shape index (κ2) is 6.37. The van der Waals surface area contributed by atoms with Crippen molar-refractivity contribution in [1.29, 1.82) is 0 Å². The van der Waals surface area contributed by atoms with Gasteiger partial charge in [-0.3, -0.25) is 20.2 Å². The molecule has 0 aliphatic heterocycles. The Bertz CT molecular complexity index is 903. The molecule has 1 aromatic heterocycles. The number of amides is 1. The zero-order chi connectivity index (χ0) is 16.2. The number of hydrogen-bond donors (Lipinski definition) is 1. The fourth-order valence-electron chi connectivity index (χ4n) is 1.96. The van der Waals surface area contributed by atoms with Gasteiger partial charge in [-0.15, -0.1) is 0 Å². The lowest BCUT2D eigenvalue weighted by atomic mass is 10.2. The van der Waals surface area contributed by atoms with Crippen LogP contribution in [0.3, 0.4) is 0 Å². The van der Waals surface area contributed by atoms with Crippen LogP contribution in [0.15, 0.2) is 54.6 Å². The van der Waals surface area contributed by atoms with E-state index in [4.69, 9.17) is 0 Å². The molecule has 0 atom stereocenters. The molecule has 0 aliphatic rings. The number of nitro groups is 1. The molecule has 7 heteroatoms. The van der Waals surface area contributed by atoms with Crippen molar-refractivity contribution in [2.24, 2.45) is 0 Å². The van der Waals surface area contributed by atoms with Crippen LogP contribution in [0.1, 0.15) is 5.56 Å². The van der Waals surface area contributed by atoms with Gasteiger partial charge in [-0.05, 0) is 17.7 Å². The lowest BCUT2D eigenvalue weighted by Crippen LogP contribution is -2.07. The van der Waals surface area contributed by atoms with Crippen LogP contribution in [-0.2, 0) is 4.79 Å². The van der Waals surface area contributed by atoms with Crippen LogP contribution < -0.4 is 5.32 Å². The van der Waals surface area contributed by atoms with E-state index in [9.17, 15) is 14.9 Å². The zero-order valence-electron chi connectivity index (χ0n) is 11.8. The van der Waals surface area contributed by atoms with Crippen molar-refractivity contribution in [3.63, 3.8) is 0 Å². The van der Waals surface area contributed by atoms with Crippen molar-refractivity contribution in [2.45, 2.75) is 0 Å². The fourth-order valence-corrected chi connectivity index (χ4v) is 2.87. The Labute approximate surface area is 135 Å². The number of aromatic nitrogens is 1. The number of nitrogens with zero attached hydrogens (tertiary/aromatic N) is 2. The van der Waals surface area contributed by atoms with E-state index in [-0.39, 0.29) is 11.6 Å². The van der Waals surface area contributed by atoms with Crippen LogP contribution >= 0.6 is 11.3 Å². The van der Waals surface area contributed by atoms with Crippen LogP contribution in [0.25, 0.3) is 16.3 Å². The predicted octanol–water partition coefficient (Wildman–Crippen LogP) is 3.86. The summed E-state index contributed by atoms with van der Waals surface area (Å²) in [5, 5.41) is 13.8. The van der Waals surface area contributed by atoms with Crippen molar-refractivity contribution in [3.8, 4) is 0 Å². The molecule has 0 saturated heterocycles. The summed E-state index contributed by atoms with van der Waals surface area (Å²) < 4.78 is 0.654. The number of nitro benzene ring substituents is 1.